The Balaban J connectivity index is 4.02. The lowest BCUT2D eigenvalue weighted by atomic mass is 10.5. The van der Waals surface area contributed by atoms with Crippen LogP contribution in [0.5, 0.6) is 0 Å². The van der Waals surface area contributed by atoms with Crippen molar-refractivity contribution in [3.8, 4) is 0 Å². The zero-order valence-electron chi connectivity index (χ0n) is 9.19. The van der Waals surface area contributed by atoms with Gasteiger partial charge in [0.1, 0.15) is 0 Å². The van der Waals surface area contributed by atoms with Crippen molar-refractivity contribution in [3.63, 3.8) is 0 Å². The van der Waals surface area contributed by atoms with Crippen LogP contribution < -0.4 is 0 Å². The van der Waals surface area contributed by atoms with Gasteiger partial charge in [0.05, 0.1) is 13.2 Å². The lowest BCUT2D eigenvalue weighted by Crippen LogP contribution is -2.06. The normalized spacial score (nSPS) is 17.7. The van der Waals surface area contributed by atoms with Crippen LogP contribution in [0.25, 0.3) is 0 Å². The molecule has 0 rings (SSSR count). The number of rotatable bonds is 8. The van der Waals surface area contributed by atoms with Gasteiger partial charge < -0.3 is 9.05 Å². The monoisotopic (exact) mass is 274 g/mol. The Morgan fingerprint density at radius 2 is 2.00 bits per heavy atom. The predicted octanol–water partition coefficient (Wildman–Crippen LogP) is 3.77. The predicted molar refractivity (Wildman–Crippen MR) is 73.0 cm³/mol. The van der Waals surface area contributed by atoms with Gasteiger partial charge in [-0.1, -0.05) is 25.2 Å². The molecule has 0 heterocycles. The standard InChI is InChI=1S/C8H19O2PS3/c1-5-9-11(12,14-6-2)10-7-8(3)13-4/h8H,5-7H2,1-4H3. The first-order chi connectivity index (χ1) is 6.58. The van der Waals surface area contributed by atoms with Gasteiger partial charge in [-0.3, -0.25) is 0 Å². The summed E-state index contributed by atoms with van der Waals surface area (Å²) in [5.74, 6) is 0.949. The maximum atomic E-state index is 5.71. The SMILES string of the molecule is CCOP(=S)(OCC(C)SC)SCC. The molecule has 0 N–H and O–H groups in total. The van der Waals surface area contributed by atoms with Gasteiger partial charge in [-0.25, -0.2) is 0 Å². The van der Waals surface area contributed by atoms with Gasteiger partial charge in [0.15, 0.2) is 0 Å². The molecular formula is C8H19O2PS3. The van der Waals surface area contributed by atoms with Crippen LogP contribution in [-0.4, -0.2) is 30.5 Å². The Bertz CT molecular complexity index is 179. The third-order valence-electron chi connectivity index (χ3n) is 1.44. The Morgan fingerprint density at radius 3 is 2.43 bits per heavy atom. The highest BCUT2D eigenvalue weighted by Gasteiger charge is 2.19. The minimum Gasteiger partial charge on any atom is -0.322 e. The van der Waals surface area contributed by atoms with E-state index in [-0.39, 0.29) is 0 Å². The molecule has 0 bridgehead atoms. The second-order valence-electron chi connectivity index (χ2n) is 2.62. The summed E-state index contributed by atoms with van der Waals surface area (Å²) in [6.07, 6.45) is 2.07. The molecule has 0 aliphatic rings. The number of hydrogen-bond acceptors (Lipinski definition) is 5. The average Bonchev–Trinajstić information content (AvgIpc) is 2.15. The second-order valence-corrected chi connectivity index (χ2v) is 10.5. The molecule has 0 aromatic heterocycles. The lowest BCUT2D eigenvalue weighted by molar-refractivity contribution is 0.272. The van der Waals surface area contributed by atoms with E-state index in [2.05, 4.69) is 20.1 Å². The Kier molecular flexibility index (Phi) is 9.19. The summed E-state index contributed by atoms with van der Waals surface area (Å²) in [5, 5.41) is 0.482. The van der Waals surface area contributed by atoms with E-state index in [1.165, 1.54) is 0 Å². The van der Waals surface area contributed by atoms with Crippen molar-refractivity contribution < 1.29 is 9.05 Å². The van der Waals surface area contributed by atoms with E-state index in [1.807, 2.05) is 6.92 Å². The molecule has 0 aromatic rings. The molecule has 0 aliphatic carbocycles. The van der Waals surface area contributed by atoms with Crippen LogP contribution in [0.15, 0.2) is 0 Å². The highest BCUT2D eigenvalue weighted by atomic mass is 32.9. The van der Waals surface area contributed by atoms with Gasteiger partial charge in [0.2, 0.25) is 5.69 Å². The maximum Gasteiger partial charge on any atom is 0.247 e. The smallest absolute Gasteiger partial charge is 0.247 e. The highest BCUT2D eigenvalue weighted by molar-refractivity contribution is 8.67. The Morgan fingerprint density at radius 1 is 1.36 bits per heavy atom. The van der Waals surface area contributed by atoms with Crippen molar-refractivity contribution in [1.29, 1.82) is 0 Å². The molecule has 86 valence electrons. The van der Waals surface area contributed by atoms with E-state index in [4.69, 9.17) is 20.9 Å². The summed E-state index contributed by atoms with van der Waals surface area (Å²) in [4.78, 5) is 0. The van der Waals surface area contributed by atoms with Crippen LogP contribution in [-0.2, 0) is 20.9 Å². The Hall–Kier alpha value is 1.27. The van der Waals surface area contributed by atoms with Crippen LogP contribution in [0.2, 0.25) is 0 Å². The molecule has 0 aromatic carbocycles. The molecule has 2 unspecified atom stereocenters. The molecule has 0 aliphatic heterocycles. The summed E-state index contributed by atoms with van der Waals surface area (Å²) < 4.78 is 11.2. The molecule has 0 fully saturated rings. The minimum atomic E-state index is -2.05. The largest absolute Gasteiger partial charge is 0.322 e. The van der Waals surface area contributed by atoms with Crippen molar-refractivity contribution in [2.45, 2.75) is 26.0 Å². The van der Waals surface area contributed by atoms with Crippen LogP contribution in [0.3, 0.4) is 0 Å². The van der Waals surface area contributed by atoms with Crippen LogP contribution in [0, 0.1) is 0 Å². The summed E-state index contributed by atoms with van der Waals surface area (Å²) >= 11 is 8.80. The van der Waals surface area contributed by atoms with E-state index in [0.717, 1.165) is 5.75 Å². The van der Waals surface area contributed by atoms with Crippen molar-refractivity contribution in [3.05, 3.63) is 0 Å². The lowest BCUT2D eigenvalue weighted by Gasteiger charge is -2.21. The maximum absolute atomic E-state index is 5.71. The molecule has 0 amide bonds. The van der Waals surface area contributed by atoms with Gasteiger partial charge in [-0.05, 0) is 30.7 Å². The molecule has 14 heavy (non-hydrogen) atoms. The third-order valence-corrected chi connectivity index (χ3v) is 7.94. The fourth-order valence-electron chi connectivity index (χ4n) is 0.692. The van der Waals surface area contributed by atoms with Crippen molar-refractivity contribution >= 4 is 40.6 Å². The third kappa shape index (κ3) is 6.70. The minimum absolute atomic E-state index is 0.482. The molecule has 2 atom stereocenters. The molecule has 6 heteroatoms. The van der Waals surface area contributed by atoms with Gasteiger partial charge in [-0.2, -0.15) is 11.8 Å². The quantitative estimate of drug-likeness (QED) is 0.625. The van der Waals surface area contributed by atoms with Crippen molar-refractivity contribution in [2.75, 3.05) is 25.2 Å². The molecule has 0 radical (unpaired) electrons. The Labute approximate surface area is 101 Å². The van der Waals surface area contributed by atoms with Gasteiger partial charge in [0, 0.05) is 5.25 Å². The molecule has 0 saturated heterocycles. The fourth-order valence-corrected chi connectivity index (χ4v) is 5.60. The van der Waals surface area contributed by atoms with E-state index in [1.54, 1.807) is 23.1 Å². The summed E-state index contributed by atoms with van der Waals surface area (Å²) in [6, 6.07) is 0. The van der Waals surface area contributed by atoms with Crippen molar-refractivity contribution in [2.24, 2.45) is 0 Å². The van der Waals surface area contributed by atoms with E-state index < -0.39 is 5.69 Å². The summed E-state index contributed by atoms with van der Waals surface area (Å²) in [6.45, 7) is 7.49. The second kappa shape index (κ2) is 8.43. The first kappa shape index (κ1) is 15.3. The average molecular weight is 274 g/mol. The van der Waals surface area contributed by atoms with Gasteiger partial charge >= 0.3 is 0 Å². The van der Waals surface area contributed by atoms with Crippen LogP contribution in [0.1, 0.15) is 20.8 Å². The highest BCUT2D eigenvalue weighted by Crippen LogP contribution is 2.60. The summed E-state index contributed by atoms with van der Waals surface area (Å²) in [7, 11) is 0. The van der Waals surface area contributed by atoms with Crippen LogP contribution in [0.4, 0.5) is 0 Å². The van der Waals surface area contributed by atoms with E-state index in [9.17, 15) is 0 Å². The first-order valence-corrected chi connectivity index (χ1v) is 10.2. The molecule has 0 saturated carbocycles. The van der Waals surface area contributed by atoms with E-state index in [0.29, 0.717) is 18.5 Å². The topological polar surface area (TPSA) is 18.5 Å². The van der Waals surface area contributed by atoms with Gasteiger partial charge in [0.25, 0.3) is 0 Å². The van der Waals surface area contributed by atoms with E-state index >= 15 is 0 Å². The number of thioether (sulfide) groups is 1. The van der Waals surface area contributed by atoms with Gasteiger partial charge in [-0.15, -0.1) is 0 Å². The fraction of sp³-hybridized carbons (Fsp3) is 1.00. The molecule has 0 spiro atoms. The zero-order valence-corrected chi connectivity index (χ0v) is 12.5. The number of hydrogen-bond donors (Lipinski definition) is 0. The van der Waals surface area contributed by atoms with Crippen LogP contribution >= 0.6 is 28.8 Å². The first-order valence-electron chi connectivity index (χ1n) is 4.64. The van der Waals surface area contributed by atoms with Crippen molar-refractivity contribution in [1.82, 2.24) is 0 Å². The molecular weight excluding hydrogens is 255 g/mol. The molecule has 2 nitrogen and oxygen atoms in total. The zero-order chi connectivity index (χ0) is 11.0. The summed E-state index contributed by atoms with van der Waals surface area (Å²) in [5.41, 5.74) is -2.05.